The van der Waals surface area contributed by atoms with Crippen molar-refractivity contribution >= 4 is 23.2 Å². The standard InChI is InChI=1S/C18H21N3O2S/c1-12-7-9-24-17(12)18(23)21-8-3-4-16(21)15-6-5-14(11-20-15)10-19-13(2)22/h5-7,9,11,16H,3-4,8,10H2,1-2H3,(H,19,22)/t16-/m1/s1. The third-order valence-electron chi connectivity index (χ3n) is 4.30. The Balaban J connectivity index is 1.74. The van der Waals surface area contributed by atoms with Crippen LogP contribution in [-0.4, -0.2) is 28.2 Å². The van der Waals surface area contributed by atoms with E-state index in [1.54, 1.807) is 6.20 Å². The summed E-state index contributed by atoms with van der Waals surface area (Å²) < 4.78 is 0. The highest BCUT2D eigenvalue weighted by Gasteiger charge is 2.32. The largest absolute Gasteiger partial charge is 0.352 e. The maximum atomic E-state index is 12.8. The van der Waals surface area contributed by atoms with Crippen molar-refractivity contribution < 1.29 is 9.59 Å². The monoisotopic (exact) mass is 343 g/mol. The fourth-order valence-electron chi connectivity index (χ4n) is 3.00. The number of hydrogen-bond donors (Lipinski definition) is 1. The quantitative estimate of drug-likeness (QED) is 0.928. The number of rotatable bonds is 4. The zero-order valence-electron chi connectivity index (χ0n) is 13.9. The van der Waals surface area contributed by atoms with Crippen LogP contribution in [0.1, 0.15) is 52.3 Å². The van der Waals surface area contributed by atoms with Gasteiger partial charge in [-0.15, -0.1) is 11.3 Å². The van der Waals surface area contributed by atoms with E-state index in [-0.39, 0.29) is 17.9 Å². The Morgan fingerprint density at radius 2 is 2.21 bits per heavy atom. The van der Waals surface area contributed by atoms with Crippen molar-refractivity contribution in [1.82, 2.24) is 15.2 Å². The molecule has 1 saturated heterocycles. The number of amides is 2. The Morgan fingerprint density at radius 3 is 2.83 bits per heavy atom. The Labute approximate surface area is 145 Å². The predicted octanol–water partition coefficient (Wildman–Crippen LogP) is 3.06. The van der Waals surface area contributed by atoms with Crippen molar-refractivity contribution in [1.29, 1.82) is 0 Å². The number of aromatic nitrogens is 1. The first-order valence-electron chi connectivity index (χ1n) is 8.10. The molecule has 24 heavy (non-hydrogen) atoms. The van der Waals surface area contributed by atoms with Gasteiger partial charge >= 0.3 is 0 Å². The van der Waals surface area contributed by atoms with E-state index < -0.39 is 0 Å². The van der Waals surface area contributed by atoms with Gasteiger partial charge in [-0.1, -0.05) is 6.07 Å². The number of nitrogens with zero attached hydrogens (tertiary/aromatic N) is 2. The van der Waals surface area contributed by atoms with Crippen LogP contribution in [0.5, 0.6) is 0 Å². The Kier molecular flexibility index (Phi) is 4.94. The maximum absolute atomic E-state index is 12.8. The zero-order valence-corrected chi connectivity index (χ0v) is 14.7. The summed E-state index contributed by atoms with van der Waals surface area (Å²) in [6.45, 7) is 4.72. The van der Waals surface area contributed by atoms with Gasteiger partial charge in [-0.05, 0) is 48.4 Å². The molecule has 3 rings (SSSR count). The van der Waals surface area contributed by atoms with Gasteiger partial charge in [-0.25, -0.2) is 0 Å². The van der Waals surface area contributed by atoms with Gasteiger partial charge in [0.1, 0.15) is 0 Å². The van der Waals surface area contributed by atoms with E-state index in [1.165, 1.54) is 18.3 Å². The molecule has 1 aliphatic rings. The number of thiophene rings is 1. The molecule has 0 radical (unpaired) electrons. The van der Waals surface area contributed by atoms with Crippen LogP contribution in [0.25, 0.3) is 0 Å². The number of likely N-dealkylation sites (tertiary alicyclic amines) is 1. The molecule has 1 aliphatic heterocycles. The lowest BCUT2D eigenvalue weighted by atomic mass is 10.1. The van der Waals surface area contributed by atoms with E-state index in [2.05, 4.69) is 10.3 Å². The van der Waals surface area contributed by atoms with Gasteiger partial charge in [0, 0.05) is 26.2 Å². The minimum Gasteiger partial charge on any atom is -0.352 e. The van der Waals surface area contributed by atoms with Crippen LogP contribution in [0.2, 0.25) is 0 Å². The second-order valence-electron chi connectivity index (χ2n) is 6.09. The van der Waals surface area contributed by atoms with Gasteiger partial charge in [0.15, 0.2) is 0 Å². The summed E-state index contributed by atoms with van der Waals surface area (Å²) in [5.74, 6) is 0.0482. The molecule has 5 nitrogen and oxygen atoms in total. The van der Waals surface area contributed by atoms with Gasteiger partial charge in [-0.2, -0.15) is 0 Å². The Hall–Kier alpha value is -2.21. The number of nitrogens with one attached hydrogen (secondary N) is 1. The molecule has 1 atom stereocenters. The Morgan fingerprint density at radius 1 is 1.38 bits per heavy atom. The van der Waals surface area contributed by atoms with Crippen molar-refractivity contribution in [2.75, 3.05) is 6.54 Å². The topological polar surface area (TPSA) is 62.3 Å². The van der Waals surface area contributed by atoms with Crippen LogP contribution >= 0.6 is 11.3 Å². The lowest BCUT2D eigenvalue weighted by molar-refractivity contribution is -0.119. The minimum absolute atomic E-state index is 0.0359. The molecule has 1 fully saturated rings. The number of carbonyl (C=O) groups is 2. The third-order valence-corrected chi connectivity index (χ3v) is 5.30. The predicted molar refractivity (Wildman–Crippen MR) is 93.8 cm³/mol. The molecule has 0 spiro atoms. The Bertz CT molecular complexity index is 739. The molecule has 0 saturated carbocycles. The van der Waals surface area contributed by atoms with Crippen molar-refractivity contribution in [3.05, 3.63) is 51.5 Å². The molecule has 0 unspecified atom stereocenters. The molecule has 6 heteroatoms. The second kappa shape index (κ2) is 7.13. The third kappa shape index (κ3) is 3.48. The van der Waals surface area contributed by atoms with E-state index in [0.29, 0.717) is 6.54 Å². The first kappa shape index (κ1) is 16.6. The lowest BCUT2D eigenvalue weighted by Gasteiger charge is -2.24. The summed E-state index contributed by atoms with van der Waals surface area (Å²) in [5, 5.41) is 4.72. The van der Waals surface area contributed by atoms with Crippen molar-refractivity contribution in [3.8, 4) is 0 Å². The normalized spacial score (nSPS) is 17.1. The molecular formula is C18H21N3O2S. The van der Waals surface area contributed by atoms with E-state index >= 15 is 0 Å². The molecule has 0 aliphatic carbocycles. The van der Waals surface area contributed by atoms with Gasteiger partial charge in [-0.3, -0.25) is 14.6 Å². The summed E-state index contributed by atoms with van der Waals surface area (Å²) >= 11 is 1.50. The SMILES string of the molecule is CC(=O)NCc1ccc([C@H]2CCCN2C(=O)c2sccc2C)nc1. The van der Waals surface area contributed by atoms with Crippen LogP contribution in [-0.2, 0) is 11.3 Å². The van der Waals surface area contributed by atoms with Crippen molar-refractivity contribution in [2.24, 2.45) is 0 Å². The number of pyridine rings is 1. The number of carbonyl (C=O) groups excluding carboxylic acids is 2. The molecule has 2 aromatic heterocycles. The van der Waals surface area contributed by atoms with Crippen molar-refractivity contribution in [2.45, 2.75) is 39.3 Å². The molecule has 0 bridgehead atoms. The molecule has 126 valence electrons. The minimum atomic E-state index is -0.0574. The summed E-state index contributed by atoms with van der Waals surface area (Å²) in [5.41, 5.74) is 2.91. The molecule has 3 heterocycles. The molecule has 1 N–H and O–H groups in total. The average Bonchev–Trinajstić information content (AvgIpc) is 3.21. The molecular weight excluding hydrogens is 322 g/mol. The van der Waals surface area contributed by atoms with E-state index in [1.807, 2.05) is 35.4 Å². The first-order valence-corrected chi connectivity index (χ1v) is 8.98. The maximum Gasteiger partial charge on any atom is 0.264 e. The molecule has 2 aromatic rings. The smallest absolute Gasteiger partial charge is 0.264 e. The van der Waals surface area contributed by atoms with Gasteiger partial charge in [0.05, 0.1) is 16.6 Å². The van der Waals surface area contributed by atoms with Crippen LogP contribution in [0.15, 0.2) is 29.8 Å². The summed E-state index contributed by atoms with van der Waals surface area (Å²) in [4.78, 5) is 31.1. The van der Waals surface area contributed by atoms with Crippen LogP contribution in [0.4, 0.5) is 0 Å². The van der Waals surface area contributed by atoms with Crippen LogP contribution in [0, 0.1) is 6.92 Å². The lowest BCUT2D eigenvalue weighted by Crippen LogP contribution is -2.30. The average molecular weight is 343 g/mol. The van der Waals surface area contributed by atoms with Crippen molar-refractivity contribution in [3.63, 3.8) is 0 Å². The molecule has 0 aromatic carbocycles. The van der Waals surface area contributed by atoms with E-state index in [4.69, 9.17) is 0 Å². The van der Waals surface area contributed by atoms with Crippen LogP contribution in [0.3, 0.4) is 0 Å². The summed E-state index contributed by atoms with van der Waals surface area (Å²) in [7, 11) is 0. The summed E-state index contributed by atoms with van der Waals surface area (Å²) in [6.07, 6.45) is 3.72. The highest BCUT2D eigenvalue weighted by atomic mass is 32.1. The highest BCUT2D eigenvalue weighted by molar-refractivity contribution is 7.12. The van der Waals surface area contributed by atoms with Gasteiger partial charge < -0.3 is 10.2 Å². The fourth-order valence-corrected chi connectivity index (χ4v) is 3.88. The van der Waals surface area contributed by atoms with Gasteiger partial charge in [0.25, 0.3) is 5.91 Å². The first-order chi connectivity index (χ1) is 11.6. The fraction of sp³-hybridized carbons (Fsp3) is 0.389. The van der Waals surface area contributed by atoms with Crippen LogP contribution < -0.4 is 5.32 Å². The summed E-state index contributed by atoms with van der Waals surface area (Å²) in [6, 6.07) is 5.95. The zero-order chi connectivity index (χ0) is 17.1. The van der Waals surface area contributed by atoms with E-state index in [9.17, 15) is 9.59 Å². The number of aryl methyl sites for hydroxylation is 1. The second-order valence-corrected chi connectivity index (χ2v) is 7.01. The highest BCUT2D eigenvalue weighted by Crippen LogP contribution is 2.33. The molecule has 2 amide bonds. The van der Waals surface area contributed by atoms with Gasteiger partial charge in [0.2, 0.25) is 5.91 Å². The number of hydrogen-bond acceptors (Lipinski definition) is 4. The van der Waals surface area contributed by atoms with E-state index in [0.717, 1.165) is 41.1 Å².